The molecule has 1 aromatic carbocycles. The summed E-state index contributed by atoms with van der Waals surface area (Å²) in [6, 6.07) is 9.86. The summed E-state index contributed by atoms with van der Waals surface area (Å²) in [4.78, 5) is 2.39. The van der Waals surface area contributed by atoms with Gasteiger partial charge in [-0.05, 0) is 32.0 Å². The van der Waals surface area contributed by atoms with Gasteiger partial charge in [-0.25, -0.2) is 0 Å². The molecule has 0 saturated carbocycles. The van der Waals surface area contributed by atoms with Crippen LogP contribution in [-0.2, 0) is 4.74 Å². The molecule has 4 nitrogen and oxygen atoms in total. The molecule has 2 rings (SSSR count). The van der Waals surface area contributed by atoms with Gasteiger partial charge < -0.3 is 9.47 Å². The van der Waals surface area contributed by atoms with Gasteiger partial charge in [0.15, 0.2) is 0 Å². The van der Waals surface area contributed by atoms with Gasteiger partial charge in [-0.15, -0.1) is 0 Å². The number of morpholine rings is 1. The number of hydrogen-bond donors (Lipinski definition) is 0. The molecule has 1 aliphatic rings. The average Bonchev–Trinajstić information content (AvgIpc) is 2.45. The van der Waals surface area contributed by atoms with Crippen LogP contribution in [0.15, 0.2) is 24.3 Å². The summed E-state index contributed by atoms with van der Waals surface area (Å²) in [5, 5.41) is 8.84. The quantitative estimate of drug-likeness (QED) is 0.831. The normalized spacial score (nSPS) is 20.2. The number of nitrogens with zero attached hydrogens (tertiary/aromatic N) is 2. The van der Waals surface area contributed by atoms with Crippen LogP contribution in [0, 0.1) is 11.3 Å². The highest BCUT2D eigenvalue weighted by atomic mass is 16.5. The Morgan fingerprint density at radius 2 is 2.37 bits per heavy atom. The largest absolute Gasteiger partial charge is 0.491 e. The van der Waals surface area contributed by atoms with Gasteiger partial charge in [-0.2, -0.15) is 5.26 Å². The van der Waals surface area contributed by atoms with Crippen molar-refractivity contribution in [2.75, 3.05) is 26.3 Å². The maximum absolute atomic E-state index is 8.84. The first kappa shape index (κ1) is 13.9. The Balaban J connectivity index is 1.86. The predicted molar refractivity (Wildman–Crippen MR) is 73.1 cm³/mol. The van der Waals surface area contributed by atoms with Crippen LogP contribution >= 0.6 is 0 Å². The number of rotatable bonds is 4. The van der Waals surface area contributed by atoms with E-state index in [1.165, 1.54) is 0 Å². The monoisotopic (exact) mass is 260 g/mol. The summed E-state index contributed by atoms with van der Waals surface area (Å²) < 4.78 is 11.4. The van der Waals surface area contributed by atoms with E-state index in [2.05, 4.69) is 24.8 Å². The van der Waals surface area contributed by atoms with Crippen LogP contribution < -0.4 is 4.74 Å². The van der Waals surface area contributed by atoms with E-state index in [1.54, 1.807) is 12.1 Å². The van der Waals surface area contributed by atoms with Gasteiger partial charge in [0.2, 0.25) is 0 Å². The molecular weight excluding hydrogens is 240 g/mol. The molecule has 0 radical (unpaired) electrons. The lowest BCUT2D eigenvalue weighted by Gasteiger charge is -2.35. The molecule has 1 aromatic rings. The Morgan fingerprint density at radius 3 is 3.11 bits per heavy atom. The maximum Gasteiger partial charge on any atom is 0.120 e. The third-order valence-corrected chi connectivity index (χ3v) is 3.30. The predicted octanol–water partition coefficient (Wildman–Crippen LogP) is 2.05. The van der Waals surface area contributed by atoms with E-state index in [9.17, 15) is 0 Å². The van der Waals surface area contributed by atoms with Crippen LogP contribution in [-0.4, -0.2) is 43.3 Å². The molecule has 1 fully saturated rings. The van der Waals surface area contributed by atoms with Crippen molar-refractivity contribution in [3.05, 3.63) is 29.8 Å². The highest BCUT2D eigenvalue weighted by Crippen LogP contribution is 2.15. The van der Waals surface area contributed by atoms with Crippen molar-refractivity contribution in [3.8, 4) is 11.8 Å². The summed E-state index contributed by atoms with van der Waals surface area (Å²) in [7, 11) is 0. The van der Waals surface area contributed by atoms with Crippen LogP contribution in [0.2, 0.25) is 0 Å². The molecule has 0 aromatic heterocycles. The molecule has 1 heterocycles. The molecular formula is C15H20N2O2. The molecule has 1 unspecified atom stereocenters. The van der Waals surface area contributed by atoms with Crippen molar-refractivity contribution in [3.63, 3.8) is 0 Å². The number of benzene rings is 1. The second kappa shape index (κ2) is 6.55. The molecule has 102 valence electrons. The fraction of sp³-hybridized carbons (Fsp3) is 0.533. The smallest absolute Gasteiger partial charge is 0.120 e. The van der Waals surface area contributed by atoms with Crippen LogP contribution in [0.5, 0.6) is 5.75 Å². The molecule has 0 N–H and O–H groups in total. The first-order chi connectivity index (χ1) is 9.19. The fourth-order valence-electron chi connectivity index (χ4n) is 2.16. The highest BCUT2D eigenvalue weighted by Gasteiger charge is 2.22. The Kier molecular flexibility index (Phi) is 4.78. The van der Waals surface area contributed by atoms with Crippen LogP contribution in [0.25, 0.3) is 0 Å². The lowest BCUT2D eigenvalue weighted by atomic mass is 10.2. The maximum atomic E-state index is 8.84. The average molecular weight is 260 g/mol. The van der Waals surface area contributed by atoms with Crippen molar-refractivity contribution in [2.24, 2.45) is 0 Å². The zero-order valence-corrected chi connectivity index (χ0v) is 11.5. The molecule has 19 heavy (non-hydrogen) atoms. The lowest BCUT2D eigenvalue weighted by Crippen LogP contribution is -2.47. The molecule has 4 heteroatoms. The third kappa shape index (κ3) is 3.95. The zero-order valence-electron chi connectivity index (χ0n) is 11.5. The van der Waals surface area contributed by atoms with E-state index < -0.39 is 0 Å². The van der Waals surface area contributed by atoms with Gasteiger partial charge in [0.1, 0.15) is 18.5 Å². The second-order valence-electron chi connectivity index (χ2n) is 5.03. The number of ether oxygens (including phenoxy) is 2. The van der Waals surface area contributed by atoms with Crippen LogP contribution in [0.3, 0.4) is 0 Å². The highest BCUT2D eigenvalue weighted by molar-refractivity contribution is 5.36. The van der Waals surface area contributed by atoms with Crippen molar-refractivity contribution in [1.29, 1.82) is 5.26 Å². The van der Waals surface area contributed by atoms with Gasteiger partial charge in [0.05, 0.1) is 18.2 Å². The van der Waals surface area contributed by atoms with Crippen molar-refractivity contribution in [1.82, 2.24) is 4.90 Å². The summed E-state index contributed by atoms with van der Waals surface area (Å²) >= 11 is 0. The minimum Gasteiger partial charge on any atom is -0.491 e. The fourth-order valence-corrected chi connectivity index (χ4v) is 2.16. The van der Waals surface area contributed by atoms with Gasteiger partial charge in [-0.1, -0.05) is 6.07 Å². The summed E-state index contributed by atoms with van der Waals surface area (Å²) in [5.41, 5.74) is 0.617. The van der Waals surface area contributed by atoms with Crippen molar-refractivity contribution >= 4 is 0 Å². The first-order valence-corrected chi connectivity index (χ1v) is 6.67. The van der Waals surface area contributed by atoms with Gasteiger partial charge in [-0.3, -0.25) is 4.90 Å². The second-order valence-corrected chi connectivity index (χ2v) is 5.03. The lowest BCUT2D eigenvalue weighted by molar-refractivity contribution is -0.0564. The number of hydrogen-bond acceptors (Lipinski definition) is 4. The van der Waals surface area contributed by atoms with Gasteiger partial charge in [0, 0.05) is 19.1 Å². The van der Waals surface area contributed by atoms with Crippen molar-refractivity contribution < 1.29 is 9.47 Å². The molecule has 0 spiro atoms. The molecule has 0 aliphatic carbocycles. The molecule has 0 amide bonds. The van der Waals surface area contributed by atoms with E-state index in [0.717, 1.165) is 25.4 Å². The zero-order chi connectivity index (χ0) is 13.7. The van der Waals surface area contributed by atoms with Crippen molar-refractivity contribution in [2.45, 2.75) is 26.0 Å². The van der Waals surface area contributed by atoms with E-state index in [4.69, 9.17) is 14.7 Å². The van der Waals surface area contributed by atoms with Crippen LogP contribution in [0.4, 0.5) is 0 Å². The van der Waals surface area contributed by atoms with Gasteiger partial charge >= 0.3 is 0 Å². The SMILES string of the molecule is CC(C)N1CCOC(COc2cccc(C#N)c2)C1. The summed E-state index contributed by atoms with van der Waals surface area (Å²) in [6.07, 6.45) is 0.0990. The molecule has 1 saturated heterocycles. The molecule has 0 bridgehead atoms. The van der Waals surface area contributed by atoms with E-state index in [-0.39, 0.29) is 6.10 Å². The molecule has 1 atom stereocenters. The van der Waals surface area contributed by atoms with Crippen LogP contribution in [0.1, 0.15) is 19.4 Å². The minimum absolute atomic E-state index is 0.0990. The Hall–Kier alpha value is -1.57. The van der Waals surface area contributed by atoms with Gasteiger partial charge in [0.25, 0.3) is 0 Å². The Morgan fingerprint density at radius 1 is 1.53 bits per heavy atom. The first-order valence-electron chi connectivity index (χ1n) is 6.67. The Labute approximate surface area is 114 Å². The topological polar surface area (TPSA) is 45.5 Å². The minimum atomic E-state index is 0.0990. The van der Waals surface area contributed by atoms with E-state index in [0.29, 0.717) is 18.2 Å². The summed E-state index contributed by atoms with van der Waals surface area (Å²) in [5.74, 6) is 0.726. The van der Waals surface area contributed by atoms with E-state index >= 15 is 0 Å². The van der Waals surface area contributed by atoms with E-state index in [1.807, 2.05) is 12.1 Å². The number of nitriles is 1. The third-order valence-electron chi connectivity index (χ3n) is 3.30. The Bertz CT molecular complexity index is 454. The summed E-state index contributed by atoms with van der Waals surface area (Å²) in [6.45, 7) is 7.55. The standard InChI is InChI=1S/C15H20N2O2/c1-12(2)17-6-7-18-15(10-17)11-19-14-5-3-4-13(8-14)9-16/h3-5,8,12,15H,6-7,10-11H2,1-2H3. The molecule has 1 aliphatic heterocycles.